The summed E-state index contributed by atoms with van der Waals surface area (Å²) in [7, 11) is 2.18. The molecule has 2 nitrogen and oxygen atoms in total. The van der Waals surface area contributed by atoms with Gasteiger partial charge in [0.15, 0.2) is 6.23 Å². The van der Waals surface area contributed by atoms with Crippen LogP contribution >= 0.6 is 0 Å². The molecule has 2 atom stereocenters. The molecule has 1 aromatic carbocycles. The molecule has 0 aromatic heterocycles. The zero-order valence-corrected chi connectivity index (χ0v) is 10.2. The lowest BCUT2D eigenvalue weighted by Gasteiger charge is -2.38. The maximum atomic E-state index is 6.03. The van der Waals surface area contributed by atoms with Crippen LogP contribution in [-0.2, 0) is 0 Å². The number of rotatable bonds is 3. The van der Waals surface area contributed by atoms with E-state index in [1.165, 1.54) is 19.3 Å². The zero-order valence-electron chi connectivity index (χ0n) is 10.2. The van der Waals surface area contributed by atoms with E-state index in [1.54, 1.807) is 0 Å². The Morgan fingerprint density at radius 2 is 2.00 bits per heavy atom. The molecule has 1 aliphatic rings. The minimum Gasteiger partial charge on any atom is -0.475 e. The van der Waals surface area contributed by atoms with Gasteiger partial charge in [0, 0.05) is 6.04 Å². The van der Waals surface area contributed by atoms with E-state index in [2.05, 4.69) is 18.9 Å². The van der Waals surface area contributed by atoms with Crippen molar-refractivity contribution in [1.29, 1.82) is 0 Å². The predicted molar refractivity (Wildman–Crippen MR) is 66.6 cm³/mol. The lowest BCUT2D eigenvalue weighted by molar-refractivity contribution is -0.0209. The Bertz CT molecular complexity index is 312. The van der Waals surface area contributed by atoms with Gasteiger partial charge in [-0.1, -0.05) is 25.1 Å². The minimum atomic E-state index is 0.251. The minimum absolute atomic E-state index is 0.251. The standard InChI is InChI=1S/C14H21NO/c1-3-12-8-7-11-14(15(12)2)16-13-9-5-4-6-10-13/h4-6,9-10,12,14H,3,7-8,11H2,1-2H3. The quantitative estimate of drug-likeness (QED) is 0.773. The molecule has 1 fully saturated rings. The molecule has 1 aromatic rings. The fourth-order valence-electron chi connectivity index (χ4n) is 2.46. The van der Waals surface area contributed by atoms with Crippen molar-refractivity contribution in [1.82, 2.24) is 4.90 Å². The van der Waals surface area contributed by atoms with Gasteiger partial charge in [0.2, 0.25) is 0 Å². The molecule has 2 rings (SSSR count). The second kappa shape index (κ2) is 5.35. The molecule has 1 saturated heterocycles. The summed E-state index contributed by atoms with van der Waals surface area (Å²) in [6.07, 6.45) is 5.19. The molecule has 1 aliphatic heterocycles. The first-order valence-electron chi connectivity index (χ1n) is 6.25. The first-order chi connectivity index (χ1) is 7.81. The van der Waals surface area contributed by atoms with E-state index in [9.17, 15) is 0 Å². The maximum Gasteiger partial charge on any atom is 0.152 e. The number of likely N-dealkylation sites (tertiary alicyclic amines) is 1. The summed E-state index contributed by atoms with van der Waals surface area (Å²) < 4.78 is 6.03. The number of nitrogens with zero attached hydrogens (tertiary/aromatic N) is 1. The van der Waals surface area contributed by atoms with E-state index in [1.807, 2.05) is 30.3 Å². The summed E-state index contributed by atoms with van der Waals surface area (Å²) in [5.74, 6) is 0.983. The molecule has 0 amide bonds. The number of ether oxygens (including phenoxy) is 1. The Morgan fingerprint density at radius 1 is 1.25 bits per heavy atom. The van der Waals surface area contributed by atoms with Crippen LogP contribution in [0.3, 0.4) is 0 Å². The van der Waals surface area contributed by atoms with Crippen molar-refractivity contribution < 1.29 is 4.74 Å². The van der Waals surface area contributed by atoms with E-state index in [0.717, 1.165) is 12.2 Å². The van der Waals surface area contributed by atoms with Crippen LogP contribution in [0.4, 0.5) is 0 Å². The fourth-order valence-corrected chi connectivity index (χ4v) is 2.46. The van der Waals surface area contributed by atoms with Gasteiger partial charge in [0.05, 0.1) is 0 Å². The first kappa shape index (κ1) is 11.5. The number of para-hydroxylation sites is 1. The van der Waals surface area contributed by atoms with Crippen LogP contribution < -0.4 is 4.74 Å². The van der Waals surface area contributed by atoms with Gasteiger partial charge in [-0.2, -0.15) is 0 Å². The highest BCUT2D eigenvalue weighted by atomic mass is 16.5. The number of hydrogen-bond acceptors (Lipinski definition) is 2. The molecule has 0 aliphatic carbocycles. The fraction of sp³-hybridized carbons (Fsp3) is 0.571. The van der Waals surface area contributed by atoms with Crippen LogP contribution in [0, 0.1) is 0 Å². The summed E-state index contributed by atoms with van der Waals surface area (Å²) in [4.78, 5) is 2.39. The van der Waals surface area contributed by atoms with Crippen molar-refractivity contribution in [3.8, 4) is 5.75 Å². The van der Waals surface area contributed by atoms with Crippen molar-refractivity contribution >= 4 is 0 Å². The Labute approximate surface area is 98.2 Å². The molecule has 0 radical (unpaired) electrons. The Hall–Kier alpha value is -1.02. The van der Waals surface area contributed by atoms with Crippen LogP contribution in [0.15, 0.2) is 30.3 Å². The SMILES string of the molecule is CCC1CCCC(Oc2ccccc2)N1C. The van der Waals surface area contributed by atoms with Gasteiger partial charge < -0.3 is 4.74 Å². The summed E-state index contributed by atoms with van der Waals surface area (Å²) in [6.45, 7) is 2.26. The highest BCUT2D eigenvalue weighted by Gasteiger charge is 2.27. The van der Waals surface area contributed by atoms with E-state index in [4.69, 9.17) is 4.74 Å². The topological polar surface area (TPSA) is 12.5 Å². The van der Waals surface area contributed by atoms with Crippen LogP contribution in [0.25, 0.3) is 0 Å². The van der Waals surface area contributed by atoms with Gasteiger partial charge in [-0.15, -0.1) is 0 Å². The highest BCUT2D eigenvalue weighted by molar-refractivity contribution is 5.21. The molecule has 0 bridgehead atoms. The van der Waals surface area contributed by atoms with Crippen LogP contribution in [-0.4, -0.2) is 24.2 Å². The molecule has 1 heterocycles. The summed E-state index contributed by atoms with van der Waals surface area (Å²) >= 11 is 0. The second-order valence-corrected chi connectivity index (χ2v) is 4.54. The van der Waals surface area contributed by atoms with E-state index >= 15 is 0 Å². The van der Waals surface area contributed by atoms with Crippen LogP contribution in [0.5, 0.6) is 5.75 Å². The molecular weight excluding hydrogens is 198 g/mol. The molecule has 0 spiro atoms. The zero-order chi connectivity index (χ0) is 11.4. The molecular formula is C14H21NO. The molecule has 0 N–H and O–H groups in total. The molecule has 16 heavy (non-hydrogen) atoms. The van der Waals surface area contributed by atoms with Crippen molar-refractivity contribution in [2.24, 2.45) is 0 Å². The summed E-state index contributed by atoms with van der Waals surface area (Å²) in [5, 5.41) is 0. The molecule has 2 heteroatoms. The van der Waals surface area contributed by atoms with E-state index in [-0.39, 0.29) is 6.23 Å². The van der Waals surface area contributed by atoms with Gasteiger partial charge in [0.25, 0.3) is 0 Å². The first-order valence-corrected chi connectivity index (χ1v) is 6.25. The third-order valence-corrected chi connectivity index (χ3v) is 3.51. The monoisotopic (exact) mass is 219 g/mol. The largest absolute Gasteiger partial charge is 0.475 e. The second-order valence-electron chi connectivity index (χ2n) is 4.54. The van der Waals surface area contributed by atoms with Gasteiger partial charge >= 0.3 is 0 Å². The average Bonchev–Trinajstić information content (AvgIpc) is 2.33. The van der Waals surface area contributed by atoms with Crippen molar-refractivity contribution in [2.45, 2.75) is 44.9 Å². The lowest BCUT2D eigenvalue weighted by atomic mass is 9.99. The van der Waals surface area contributed by atoms with Gasteiger partial charge in [-0.25, -0.2) is 0 Å². The number of piperidine rings is 1. The summed E-state index contributed by atoms with van der Waals surface area (Å²) in [6, 6.07) is 10.8. The molecule has 88 valence electrons. The molecule has 2 unspecified atom stereocenters. The van der Waals surface area contributed by atoms with Gasteiger partial charge in [-0.05, 0) is 44.9 Å². The van der Waals surface area contributed by atoms with Gasteiger partial charge in [-0.3, -0.25) is 4.90 Å². The third kappa shape index (κ3) is 2.56. The van der Waals surface area contributed by atoms with E-state index < -0.39 is 0 Å². The van der Waals surface area contributed by atoms with Crippen molar-refractivity contribution in [3.63, 3.8) is 0 Å². The van der Waals surface area contributed by atoms with E-state index in [0.29, 0.717) is 6.04 Å². The Balaban J connectivity index is 1.99. The smallest absolute Gasteiger partial charge is 0.152 e. The molecule has 0 saturated carbocycles. The maximum absolute atomic E-state index is 6.03. The predicted octanol–water partition coefficient (Wildman–Crippen LogP) is 3.29. The summed E-state index contributed by atoms with van der Waals surface area (Å²) in [5.41, 5.74) is 0. The lowest BCUT2D eigenvalue weighted by Crippen LogP contribution is -2.46. The van der Waals surface area contributed by atoms with Crippen molar-refractivity contribution in [2.75, 3.05) is 7.05 Å². The van der Waals surface area contributed by atoms with Crippen molar-refractivity contribution in [3.05, 3.63) is 30.3 Å². The normalized spacial score (nSPS) is 26.6. The Kier molecular flexibility index (Phi) is 3.83. The average molecular weight is 219 g/mol. The van der Waals surface area contributed by atoms with Crippen LogP contribution in [0.1, 0.15) is 32.6 Å². The Morgan fingerprint density at radius 3 is 2.69 bits per heavy atom. The third-order valence-electron chi connectivity index (χ3n) is 3.51. The highest BCUT2D eigenvalue weighted by Crippen LogP contribution is 2.25. The number of hydrogen-bond donors (Lipinski definition) is 0. The van der Waals surface area contributed by atoms with Gasteiger partial charge in [0.1, 0.15) is 5.75 Å². The number of benzene rings is 1. The van der Waals surface area contributed by atoms with Crippen LogP contribution in [0.2, 0.25) is 0 Å².